The average molecular weight is 485 g/mol. The fraction of sp³-hybridized carbons (Fsp3) is 0.160. The third kappa shape index (κ3) is 4.49. The van der Waals surface area contributed by atoms with Crippen LogP contribution in [0.5, 0.6) is 11.5 Å². The molecule has 1 N–H and O–H groups in total. The third-order valence-corrected chi connectivity index (χ3v) is 6.33. The molecule has 0 atom stereocenters. The fourth-order valence-corrected chi connectivity index (χ4v) is 4.42. The molecule has 0 fully saturated rings. The van der Waals surface area contributed by atoms with Crippen LogP contribution in [0.15, 0.2) is 53.3 Å². The van der Waals surface area contributed by atoms with Gasteiger partial charge >= 0.3 is 0 Å². The van der Waals surface area contributed by atoms with Crippen molar-refractivity contribution in [3.8, 4) is 17.6 Å². The van der Waals surface area contributed by atoms with Crippen molar-refractivity contribution in [1.82, 2.24) is 24.6 Å². The van der Waals surface area contributed by atoms with E-state index in [0.29, 0.717) is 33.6 Å². The van der Waals surface area contributed by atoms with Crippen LogP contribution in [0.3, 0.4) is 0 Å². The molecular weight excluding hydrogens is 464 g/mol. The summed E-state index contributed by atoms with van der Waals surface area (Å²) in [7, 11) is 1.54. The summed E-state index contributed by atoms with van der Waals surface area (Å²) in [5.74, 6) is 1.48. The number of aromatic nitrogens is 5. The van der Waals surface area contributed by atoms with Gasteiger partial charge in [0.1, 0.15) is 23.5 Å². The molecule has 9 nitrogen and oxygen atoms in total. The standard InChI is InChI=1S/C25H20N6O3S/c1-3-22-30-31-23(32)12-17(27-25(31)35-22)14-34-20-9-8-15(11-21(20)33-2)10-16(13-26)24-28-18-6-4-5-7-19(18)29-24/h4-12H,3,14H2,1-2H3,(H,28,29). The highest BCUT2D eigenvalue weighted by Gasteiger charge is 2.12. The van der Waals surface area contributed by atoms with Crippen molar-refractivity contribution in [2.75, 3.05) is 7.11 Å². The third-order valence-electron chi connectivity index (χ3n) is 5.28. The number of aromatic amines is 1. The van der Waals surface area contributed by atoms with Crippen molar-refractivity contribution in [3.05, 3.63) is 81.0 Å². The summed E-state index contributed by atoms with van der Waals surface area (Å²) in [5, 5.41) is 14.8. The van der Waals surface area contributed by atoms with Gasteiger partial charge in [0, 0.05) is 6.07 Å². The first-order chi connectivity index (χ1) is 17.1. The second-order valence-electron chi connectivity index (χ2n) is 7.60. The molecule has 0 aliphatic heterocycles. The minimum atomic E-state index is -0.244. The minimum Gasteiger partial charge on any atom is -0.493 e. The van der Waals surface area contributed by atoms with E-state index in [-0.39, 0.29) is 12.2 Å². The van der Waals surface area contributed by atoms with Gasteiger partial charge in [-0.2, -0.15) is 14.9 Å². The van der Waals surface area contributed by atoms with Crippen molar-refractivity contribution >= 4 is 39.0 Å². The molecule has 0 saturated carbocycles. The van der Waals surface area contributed by atoms with Crippen molar-refractivity contribution in [2.24, 2.45) is 0 Å². The van der Waals surface area contributed by atoms with E-state index in [2.05, 4.69) is 26.1 Å². The molecule has 5 aromatic rings. The number of nitriles is 1. The predicted octanol–water partition coefficient (Wildman–Crippen LogP) is 4.24. The first kappa shape index (κ1) is 22.3. The molecule has 3 aromatic heterocycles. The number of nitrogens with one attached hydrogen (secondary N) is 1. The monoisotopic (exact) mass is 484 g/mol. The smallest absolute Gasteiger partial charge is 0.275 e. The normalized spacial score (nSPS) is 11.6. The Kier molecular flexibility index (Phi) is 5.99. The van der Waals surface area contributed by atoms with Crippen molar-refractivity contribution in [2.45, 2.75) is 20.0 Å². The van der Waals surface area contributed by atoms with Gasteiger partial charge in [-0.05, 0) is 42.3 Å². The Hall–Kier alpha value is -4.49. The molecule has 0 radical (unpaired) electrons. The second kappa shape index (κ2) is 9.40. The van der Waals surface area contributed by atoms with E-state index < -0.39 is 0 Å². The topological polar surface area (TPSA) is 118 Å². The highest BCUT2D eigenvalue weighted by molar-refractivity contribution is 7.16. The Bertz CT molecular complexity index is 1640. The second-order valence-corrected chi connectivity index (χ2v) is 8.64. The molecule has 2 aromatic carbocycles. The minimum absolute atomic E-state index is 0.0963. The summed E-state index contributed by atoms with van der Waals surface area (Å²) >= 11 is 1.38. The Morgan fingerprint density at radius 1 is 1.20 bits per heavy atom. The number of methoxy groups -OCH3 is 1. The quantitative estimate of drug-likeness (QED) is 0.343. The molecule has 174 valence electrons. The van der Waals surface area contributed by atoms with Gasteiger partial charge in [-0.15, -0.1) is 0 Å². The van der Waals surface area contributed by atoms with Crippen LogP contribution < -0.4 is 15.0 Å². The summed E-state index contributed by atoms with van der Waals surface area (Å²) in [6.07, 6.45) is 2.47. The molecule has 5 rings (SSSR count). The summed E-state index contributed by atoms with van der Waals surface area (Å²) in [6, 6.07) is 16.6. The maximum atomic E-state index is 12.4. The predicted molar refractivity (Wildman–Crippen MR) is 133 cm³/mol. The maximum Gasteiger partial charge on any atom is 0.275 e. The number of imidazole rings is 1. The van der Waals surface area contributed by atoms with Crippen LogP contribution in [-0.4, -0.2) is 31.7 Å². The molecule has 35 heavy (non-hydrogen) atoms. The fourth-order valence-electron chi connectivity index (χ4n) is 3.56. The van der Waals surface area contributed by atoms with E-state index in [1.807, 2.05) is 37.3 Å². The van der Waals surface area contributed by atoms with Crippen LogP contribution in [0, 0.1) is 11.3 Å². The zero-order valence-corrected chi connectivity index (χ0v) is 19.8. The van der Waals surface area contributed by atoms with E-state index in [0.717, 1.165) is 28.0 Å². The van der Waals surface area contributed by atoms with Gasteiger partial charge in [0.15, 0.2) is 11.5 Å². The number of fused-ring (bicyclic) bond motifs is 2. The van der Waals surface area contributed by atoms with Gasteiger partial charge < -0.3 is 14.5 Å². The molecule has 0 aliphatic rings. The van der Waals surface area contributed by atoms with Crippen LogP contribution in [-0.2, 0) is 13.0 Å². The SMILES string of the molecule is CCc1nn2c(=O)cc(COc3ccc(C=C(C#N)c4nc5ccccc5[nH]4)cc3OC)nc2s1. The number of hydrogen-bond donors (Lipinski definition) is 1. The molecule has 0 bridgehead atoms. The highest BCUT2D eigenvalue weighted by Crippen LogP contribution is 2.30. The molecule has 0 spiro atoms. The Labute approximate surface area is 203 Å². The van der Waals surface area contributed by atoms with Gasteiger partial charge in [0.05, 0.1) is 29.4 Å². The Morgan fingerprint density at radius 2 is 2.06 bits per heavy atom. The summed E-state index contributed by atoms with van der Waals surface area (Å²) in [6.45, 7) is 2.08. The van der Waals surface area contributed by atoms with E-state index >= 15 is 0 Å². The van der Waals surface area contributed by atoms with Gasteiger partial charge in [-0.3, -0.25) is 4.79 Å². The number of para-hydroxylation sites is 2. The molecule has 0 aliphatic carbocycles. The van der Waals surface area contributed by atoms with E-state index in [9.17, 15) is 10.1 Å². The average Bonchev–Trinajstić information content (AvgIpc) is 3.50. The van der Waals surface area contributed by atoms with Crippen molar-refractivity contribution < 1.29 is 9.47 Å². The molecule has 10 heteroatoms. The van der Waals surface area contributed by atoms with Crippen molar-refractivity contribution in [1.29, 1.82) is 5.26 Å². The van der Waals surface area contributed by atoms with Gasteiger partial charge in [0.2, 0.25) is 4.96 Å². The molecule has 0 unspecified atom stereocenters. The van der Waals surface area contributed by atoms with E-state index in [4.69, 9.17) is 9.47 Å². The lowest BCUT2D eigenvalue weighted by molar-refractivity contribution is 0.280. The summed E-state index contributed by atoms with van der Waals surface area (Å²) in [4.78, 5) is 25.1. The van der Waals surface area contributed by atoms with E-state index in [1.165, 1.54) is 21.9 Å². The first-order valence-electron chi connectivity index (χ1n) is 10.8. The lowest BCUT2D eigenvalue weighted by Gasteiger charge is -2.11. The number of ether oxygens (including phenoxy) is 2. The maximum absolute atomic E-state index is 12.4. The zero-order valence-electron chi connectivity index (χ0n) is 19.0. The molecular formula is C25H20N6O3S. The first-order valence-corrected chi connectivity index (χ1v) is 11.7. The zero-order chi connectivity index (χ0) is 24.4. The number of allylic oxidation sites excluding steroid dienone is 1. The number of H-pyrrole nitrogens is 1. The number of benzene rings is 2. The molecule has 0 saturated heterocycles. The van der Waals surface area contributed by atoms with Crippen LogP contribution in [0.25, 0.3) is 27.6 Å². The van der Waals surface area contributed by atoms with E-state index in [1.54, 1.807) is 25.3 Å². The van der Waals surface area contributed by atoms with Gasteiger partial charge in [0.25, 0.3) is 5.56 Å². The molecule has 0 amide bonds. The van der Waals surface area contributed by atoms with Crippen LogP contribution >= 0.6 is 11.3 Å². The van der Waals surface area contributed by atoms with Crippen molar-refractivity contribution in [3.63, 3.8) is 0 Å². The summed E-state index contributed by atoms with van der Waals surface area (Å²) < 4.78 is 12.7. The summed E-state index contributed by atoms with van der Waals surface area (Å²) in [5.41, 5.74) is 3.06. The highest BCUT2D eigenvalue weighted by atomic mass is 32.1. The molecule has 3 heterocycles. The van der Waals surface area contributed by atoms with Crippen LogP contribution in [0.1, 0.15) is 29.0 Å². The number of hydrogen-bond acceptors (Lipinski definition) is 8. The van der Waals surface area contributed by atoms with Crippen LogP contribution in [0.2, 0.25) is 0 Å². The lowest BCUT2D eigenvalue weighted by atomic mass is 10.1. The van der Waals surface area contributed by atoms with Gasteiger partial charge in [-0.1, -0.05) is 36.5 Å². The number of rotatable bonds is 7. The number of nitrogens with zero attached hydrogens (tertiary/aromatic N) is 5. The van der Waals surface area contributed by atoms with Crippen LogP contribution in [0.4, 0.5) is 0 Å². The largest absolute Gasteiger partial charge is 0.493 e. The van der Waals surface area contributed by atoms with Gasteiger partial charge in [-0.25, -0.2) is 9.97 Å². The Balaban J connectivity index is 1.38. The number of aryl methyl sites for hydroxylation is 1. The Morgan fingerprint density at radius 3 is 2.83 bits per heavy atom. The lowest BCUT2D eigenvalue weighted by Crippen LogP contribution is -2.16.